The maximum Gasteiger partial charge on any atom is 0.163 e. The highest BCUT2D eigenvalue weighted by Gasteiger charge is 2.22. The normalized spacial score (nSPS) is 13.5. The summed E-state index contributed by atoms with van der Waals surface area (Å²) in [5.74, 6) is 2.31. The van der Waals surface area contributed by atoms with Crippen LogP contribution in [0.3, 0.4) is 0 Å². The molecule has 0 spiro atoms. The molecule has 5 nitrogen and oxygen atoms in total. The number of para-hydroxylation sites is 1. The van der Waals surface area contributed by atoms with Crippen molar-refractivity contribution in [2.45, 2.75) is 18.9 Å². The van der Waals surface area contributed by atoms with Gasteiger partial charge in [-0.05, 0) is 25.0 Å². The highest BCUT2D eigenvalue weighted by atomic mass is 15.1. The van der Waals surface area contributed by atoms with E-state index in [0.29, 0.717) is 11.9 Å². The van der Waals surface area contributed by atoms with E-state index in [2.05, 4.69) is 27.8 Å². The highest BCUT2D eigenvalue weighted by Crippen LogP contribution is 2.29. The van der Waals surface area contributed by atoms with Gasteiger partial charge in [0.25, 0.3) is 0 Å². The first-order chi connectivity index (χ1) is 13.3. The summed E-state index contributed by atoms with van der Waals surface area (Å²) in [6.45, 7) is 0. The number of nitrogens with zero attached hydrogens (tertiary/aromatic N) is 3. The average Bonchev–Trinajstić information content (AvgIpc) is 3.53. The van der Waals surface area contributed by atoms with Crippen LogP contribution < -0.4 is 10.6 Å². The van der Waals surface area contributed by atoms with Crippen LogP contribution in [-0.4, -0.2) is 21.0 Å². The van der Waals surface area contributed by atoms with Crippen LogP contribution in [0.15, 0.2) is 72.9 Å². The zero-order valence-corrected chi connectivity index (χ0v) is 14.8. The number of aromatic nitrogens is 3. The molecular formula is C22H19N5. The number of pyridine rings is 1. The standard InChI is InChI=1S/C22H19N5/c1-2-6-16(7-3-1)22-26-19(24-17-11-12-17)14-20(27-22)25-18-10-4-8-15-9-5-13-23-21(15)18/h1-10,13-14,17H,11-12H2,(H2,24,25,26,27). The number of fused-ring (bicyclic) bond motifs is 1. The Kier molecular flexibility index (Phi) is 3.90. The summed E-state index contributed by atoms with van der Waals surface area (Å²) in [6, 6.07) is 22.7. The van der Waals surface area contributed by atoms with Crippen LogP contribution in [0.5, 0.6) is 0 Å². The van der Waals surface area contributed by atoms with E-state index in [1.807, 2.05) is 60.8 Å². The van der Waals surface area contributed by atoms with Crippen molar-refractivity contribution in [3.63, 3.8) is 0 Å². The van der Waals surface area contributed by atoms with Crippen molar-refractivity contribution < 1.29 is 0 Å². The molecule has 0 aliphatic heterocycles. The van der Waals surface area contributed by atoms with E-state index in [9.17, 15) is 0 Å². The van der Waals surface area contributed by atoms with Crippen molar-refractivity contribution in [3.05, 3.63) is 72.9 Å². The second-order valence-corrected chi connectivity index (χ2v) is 6.75. The molecule has 132 valence electrons. The van der Waals surface area contributed by atoms with E-state index in [1.54, 1.807) is 0 Å². The molecule has 1 aliphatic rings. The van der Waals surface area contributed by atoms with E-state index < -0.39 is 0 Å². The van der Waals surface area contributed by atoms with E-state index in [-0.39, 0.29) is 0 Å². The first kappa shape index (κ1) is 15.8. The largest absolute Gasteiger partial charge is 0.367 e. The average molecular weight is 353 g/mol. The van der Waals surface area contributed by atoms with Crippen LogP contribution in [0.1, 0.15) is 12.8 Å². The first-order valence-corrected chi connectivity index (χ1v) is 9.17. The van der Waals surface area contributed by atoms with Gasteiger partial charge in [-0.15, -0.1) is 0 Å². The molecule has 0 atom stereocenters. The van der Waals surface area contributed by atoms with Crippen LogP contribution in [-0.2, 0) is 0 Å². The second-order valence-electron chi connectivity index (χ2n) is 6.75. The van der Waals surface area contributed by atoms with Crippen LogP contribution in [0, 0.1) is 0 Å². The molecule has 27 heavy (non-hydrogen) atoms. The molecule has 0 amide bonds. The molecule has 4 aromatic rings. The Hall–Kier alpha value is -3.47. The zero-order valence-electron chi connectivity index (χ0n) is 14.8. The molecule has 0 saturated heterocycles. The number of hydrogen-bond donors (Lipinski definition) is 2. The zero-order chi connectivity index (χ0) is 18.1. The summed E-state index contributed by atoms with van der Waals surface area (Å²) in [5, 5.41) is 8.01. The topological polar surface area (TPSA) is 62.7 Å². The summed E-state index contributed by atoms with van der Waals surface area (Å²) in [4.78, 5) is 14.0. The Labute approximate surface area is 157 Å². The fourth-order valence-electron chi connectivity index (χ4n) is 3.08. The molecule has 1 saturated carbocycles. The molecular weight excluding hydrogens is 334 g/mol. The molecule has 0 bridgehead atoms. The lowest BCUT2D eigenvalue weighted by Gasteiger charge is -2.12. The summed E-state index contributed by atoms with van der Waals surface area (Å²) in [5.41, 5.74) is 2.86. The Balaban J connectivity index is 1.56. The summed E-state index contributed by atoms with van der Waals surface area (Å²) in [6.07, 6.45) is 4.20. The van der Waals surface area contributed by atoms with E-state index in [1.165, 1.54) is 12.8 Å². The fourth-order valence-corrected chi connectivity index (χ4v) is 3.08. The number of hydrogen-bond acceptors (Lipinski definition) is 5. The van der Waals surface area contributed by atoms with Gasteiger partial charge in [-0.2, -0.15) is 0 Å². The van der Waals surface area contributed by atoms with Crippen molar-refractivity contribution in [1.29, 1.82) is 0 Å². The summed E-state index contributed by atoms with van der Waals surface area (Å²) >= 11 is 0. The third kappa shape index (κ3) is 3.44. The third-order valence-electron chi connectivity index (χ3n) is 4.58. The van der Waals surface area contributed by atoms with Crippen molar-refractivity contribution in [3.8, 4) is 11.4 Å². The predicted molar refractivity (Wildman–Crippen MR) is 109 cm³/mol. The summed E-state index contributed by atoms with van der Waals surface area (Å²) in [7, 11) is 0. The van der Waals surface area contributed by atoms with Gasteiger partial charge < -0.3 is 10.6 Å². The maximum atomic E-state index is 4.74. The van der Waals surface area contributed by atoms with Gasteiger partial charge in [-0.3, -0.25) is 4.98 Å². The molecule has 0 radical (unpaired) electrons. The molecule has 2 aromatic carbocycles. The Morgan fingerprint density at radius 3 is 2.48 bits per heavy atom. The Morgan fingerprint density at radius 2 is 1.63 bits per heavy atom. The van der Waals surface area contributed by atoms with Crippen molar-refractivity contribution in [2.75, 3.05) is 10.6 Å². The van der Waals surface area contributed by atoms with Crippen molar-refractivity contribution >= 4 is 28.2 Å². The fraction of sp³-hybridized carbons (Fsp3) is 0.136. The Morgan fingerprint density at radius 1 is 0.815 bits per heavy atom. The Bertz CT molecular complexity index is 1080. The third-order valence-corrected chi connectivity index (χ3v) is 4.58. The smallest absolute Gasteiger partial charge is 0.163 e. The lowest BCUT2D eigenvalue weighted by atomic mass is 10.2. The van der Waals surface area contributed by atoms with Gasteiger partial charge >= 0.3 is 0 Å². The number of anilines is 3. The van der Waals surface area contributed by atoms with Crippen molar-refractivity contribution in [1.82, 2.24) is 15.0 Å². The van der Waals surface area contributed by atoms with Gasteiger partial charge in [0, 0.05) is 29.3 Å². The quantitative estimate of drug-likeness (QED) is 0.528. The first-order valence-electron chi connectivity index (χ1n) is 9.17. The molecule has 2 aromatic heterocycles. The minimum atomic E-state index is 0.524. The van der Waals surface area contributed by atoms with Gasteiger partial charge in [0.2, 0.25) is 0 Å². The molecule has 1 aliphatic carbocycles. The van der Waals surface area contributed by atoms with E-state index in [4.69, 9.17) is 9.97 Å². The minimum Gasteiger partial charge on any atom is -0.367 e. The summed E-state index contributed by atoms with van der Waals surface area (Å²) < 4.78 is 0. The van der Waals surface area contributed by atoms with Gasteiger partial charge in [0.1, 0.15) is 11.6 Å². The van der Waals surface area contributed by atoms with Gasteiger partial charge in [-0.25, -0.2) is 9.97 Å². The predicted octanol–water partition coefficient (Wildman–Crippen LogP) is 5.01. The van der Waals surface area contributed by atoms with E-state index >= 15 is 0 Å². The second kappa shape index (κ2) is 6.68. The lowest BCUT2D eigenvalue weighted by Crippen LogP contribution is -2.06. The monoisotopic (exact) mass is 353 g/mol. The lowest BCUT2D eigenvalue weighted by molar-refractivity contribution is 1.09. The molecule has 0 unspecified atom stereocenters. The van der Waals surface area contributed by atoms with Crippen LogP contribution in [0.25, 0.3) is 22.3 Å². The molecule has 2 heterocycles. The highest BCUT2D eigenvalue weighted by molar-refractivity contribution is 5.91. The number of benzene rings is 2. The van der Waals surface area contributed by atoms with Crippen LogP contribution >= 0.6 is 0 Å². The number of nitrogens with one attached hydrogen (secondary N) is 2. The number of rotatable bonds is 5. The van der Waals surface area contributed by atoms with E-state index in [0.717, 1.165) is 33.8 Å². The minimum absolute atomic E-state index is 0.524. The van der Waals surface area contributed by atoms with Crippen LogP contribution in [0.2, 0.25) is 0 Å². The maximum absolute atomic E-state index is 4.74. The SMILES string of the molecule is c1ccc(-c2nc(Nc3cccc4cccnc34)cc(NC3CC3)n2)cc1. The van der Waals surface area contributed by atoms with Gasteiger partial charge in [0.05, 0.1) is 11.2 Å². The van der Waals surface area contributed by atoms with Gasteiger partial charge in [0.15, 0.2) is 5.82 Å². The molecule has 5 rings (SSSR count). The molecule has 5 heteroatoms. The van der Waals surface area contributed by atoms with Crippen LogP contribution in [0.4, 0.5) is 17.3 Å². The van der Waals surface area contributed by atoms with Crippen molar-refractivity contribution in [2.24, 2.45) is 0 Å². The molecule has 1 fully saturated rings. The molecule has 2 N–H and O–H groups in total. The van der Waals surface area contributed by atoms with Gasteiger partial charge in [-0.1, -0.05) is 48.5 Å².